The van der Waals surface area contributed by atoms with Crippen LogP contribution in [0.5, 0.6) is 0 Å². The van der Waals surface area contributed by atoms with Crippen molar-refractivity contribution in [1.29, 1.82) is 0 Å². The molecule has 3 rings (SSSR count). The fourth-order valence-electron chi connectivity index (χ4n) is 2.66. The van der Waals surface area contributed by atoms with E-state index in [0.717, 1.165) is 0 Å². The lowest BCUT2D eigenvalue weighted by molar-refractivity contribution is -0.123. The average Bonchev–Trinajstić information content (AvgIpc) is 3.40. The van der Waals surface area contributed by atoms with Crippen LogP contribution in [0, 0.1) is 0 Å². The summed E-state index contributed by atoms with van der Waals surface area (Å²) in [6, 6.07) is 11.6. The molecule has 3 aromatic rings. The van der Waals surface area contributed by atoms with E-state index in [4.69, 9.17) is 4.74 Å². The third-order valence-electron chi connectivity index (χ3n) is 4.16. The van der Waals surface area contributed by atoms with Crippen LogP contribution in [0.25, 0.3) is 0 Å². The van der Waals surface area contributed by atoms with Gasteiger partial charge in [-0.15, -0.1) is 11.3 Å². The second-order valence-corrected chi connectivity index (χ2v) is 7.75. The van der Waals surface area contributed by atoms with Gasteiger partial charge in [-0.1, -0.05) is 12.1 Å². The molecule has 0 radical (unpaired) electrons. The summed E-state index contributed by atoms with van der Waals surface area (Å²) in [6.07, 6.45) is 0.569. The number of esters is 1. The lowest BCUT2D eigenvalue weighted by Gasteiger charge is -2.16. The minimum absolute atomic E-state index is 0.0697. The predicted molar refractivity (Wildman–Crippen MR) is 115 cm³/mol. The van der Waals surface area contributed by atoms with Crippen LogP contribution in [0.2, 0.25) is 0 Å². The molecule has 1 atom stereocenters. The van der Waals surface area contributed by atoms with Gasteiger partial charge in [0, 0.05) is 17.8 Å². The fourth-order valence-corrected chi connectivity index (χ4v) is 3.28. The van der Waals surface area contributed by atoms with Crippen molar-refractivity contribution in [1.82, 2.24) is 9.78 Å². The number of benzene rings is 1. The first-order chi connectivity index (χ1) is 14.3. The lowest BCUT2D eigenvalue weighted by atomic mass is 10.2. The molecule has 1 aromatic carbocycles. The number of amides is 2. The SMILES string of the molecule is CC(C)n1nccc1NC(=O)[C@@H](C)OC(=O)c1cccc(NC(=O)c2cccs2)c1. The van der Waals surface area contributed by atoms with Gasteiger partial charge in [-0.05, 0) is 50.4 Å². The van der Waals surface area contributed by atoms with Crippen molar-refractivity contribution in [2.75, 3.05) is 10.6 Å². The van der Waals surface area contributed by atoms with Gasteiger partial charge in [-0.3, -0.25) is 9.59 Å². The largest absolute Gasteiger partial charge is 0.449 e. The summed E-state index contributed by atoms with van der Waals surface area (Å²) in [4.78, 5) is 37.6. The van der Waals surface area contributed by atoms with Gasteiger partial charge >= 0.3 is 5.97 Å². The van der Waals surface area contributed by atoms with Crippen molar-refractivity contribution in [2.24, 2.45) is 0 Å². The number of thiophene rings is 1. The summed E-state index contributed by atoms with van der Waals surface area (Å²) in [7, 11) is 0. The van der Waals surface area contributed by atoms with Crippen LogP contribution < -0.4 is 10.6 Å². The van der Waals surface area contributed by atoms with Crippen LogP contribution in [-0.2, 0) is 9.53 Å². The zero-order valence-electron chi connectivity index (χ0n) is 16.8. The Morgan fingerprint density at radius 3 is 2.57 bits per heavy atom. The first-order valence-electron chi connectivity index (χ1n) is 9.35. The van der Waals surface area contributed by atoms with Gasteiger partial charge in [-0.2, -0.15) is 5.10 Å². The van der Waals surface area contributed by atoms with Crippen LogP contribution in [0.4, 0.5) is 11.5 Å². The van der Waals surface area contributed by atoms with E-state index in [2.05, 4.69) is 15.7 Å². The Bertz CT molecular complexity index is 1040. The van der Waals surface area contributed by atoms with Crippen LogP contribution in [0.15, 0.2) is 54.0 Å². The summed E-state index contributed by atoms with van der Waals surface area (Å²) in [6.45, 7) is 5.37. The van der Waals surface area contributed by atoms with Gasteiger partial charge in [0.15, 0.2) is 6.10 Å². The summed E-state index contributed by atoms with van der Waals surface area (Å²) >= 11 is 1.32. The van der Waals surface area contributed by atoms with Crippen LogP contribution in [-0.4, -0.2) is 33.7 Å². The number of carbonyl (C=O) groups is 3. The quantitative estimate of drug-likeness (QED) is 0.557. The smallest absolute Gasteiger partial charge is 0.338 e. The molecule has 0 aliphatic carbocycles. The summed E-state index contributed by atoms with van der Waals surface area (Å²) in [5, 5.41) is 11.4. The Balaban J connectivity index is 1.61. The van der Waals surface area contributed by atoms with Crippen molar-refractivity contribution < 1.29 is 19.1 Å². The van der Waals surface area contributed by atoms with E-state index < -0.39 is 18.0 Å². The van der Waals surface area contributed by atoms with Gasteiger partial charge in [0.05, 0.1) is 16.6 Å². The van der Waals surface area contributed by atoms with Crippen molar-refractivity contribution in [3.63, 3.8) is 0 Å². The fraction of sp³-hybridized carbons (Fsp3) is 0.238. The molecular weight excluding hydrogens is 404 g/mol. The molecule has 8 nitrogen and oxygen atoms in total. The third kappa shape index (κ3) is 5.12. The lowest BCUT2D eigenvalue weighted by Crippen LogP contribution is -2.31. The molecule has 2 aromatic heterocycles. The second kappa shape index (κ2) is 9.36. The zero-order valence-corrected chi connectivity index (χ0v) is 17.6. The maximum absolute atomic E-state index is 12.5. The number of rotatable bonds is 7. The maximum Gasteiger partial charge on any atom is 0.338 e. The second-order valence-electron chi connectivity index (χ2n) is 6.80. The van der Waals surface area contributed by atoms with E-state index in [9.17, 15) is 14.4 Å². The molecule has 0 unspecified atom stereocenters. The molecule has 30 heavy (non-hydrogen) atoms. The molecule has 0 spiro atoms. The highest BCUT2D eigenvalue weighted by Gasteiger charge is 2.21. The van der Waals surface area contributed by atoms with Crippen molar-refractivity contribution in [3.8, 4) is 0 Å². The zero-order chi connectivity index (χ0) is 21.7. The number of ether oxygens (including phenoxy) is 1. The normalized spacial score (nSPS) is 11.7. The molecule has 2 amide bonds. The Morgan fingerprint density at radius 1 is 1.07 bits per heavy atom. The first kappa shape index (κ1) is 21.3. The molecule has 0 aliphatic heterocycles. The van der Waals surface area contributed by atoms with Gasteiger partial charge < -0.3 is 15.4 Å². The molecule has 2 N–H and O–H groups in total. The van der Waals surface area contributed by atoms with Crippen molar-refractivity contribution in [3.05, 3.63) is 64.5 Å². The van der Waals surface area contributed by atoms with Crippen molar-refractivity contribution >= 4 is 40.6 Å². The standard InChI is InChI=1S/C21H22N4O4S/c1-13(2)25-18(9-10-22-25)24-19(26)14(3)29-21(28)15-6-4-7-16(12-15)23-20(27)17-8-5-11-30-17/h4-14H,1-3H3,(H,23,27)(H,24,26)/t14-/m1/s1. The highest BCUT2D eigenvalue weighted by Crippen LogP contribution is 2.17. The summed E-state index contributed by atoms with van der Waals surface area (Å²) in [5.74, 6) is -0.864. The molecule has 9 heteroatoms. The molecule has 0 saturated heterocycles. The maximum atomic E-state index is 12.5. The third-order valence-corrected chi connectivity index (χ3v) is 5.03. The van der Waals surface area contributed by atoms with Gasteiger partial charge in [0.1, 0.15) is 5.82 Å². The van der Waals surface area contributed by atoms with Crippen LogP contribution >= 0.6 is 11.3 Å². The van der Waals surface area contributed by atoms with E-state index in [1.165, 1.54) is 24.3 Å². The Kier molecular flexibility index (Phi) is 6.63. The number of hydrogen-bond donors (Lipinski definition) is 2. The summed E-state index contributed by atoms with van der Waals surface area (Å²) < 4.78 is 6.95. The van der Waals surface area contributed by atoms with E-state index in [1.54, 1.807) is 47.3 Å². The van der Waals surface area contributed by atoms with Crippen molar-refractivity contribution in [2.45, 2.75) is 32.9 Å². The molecule has 0 bridgehead atoms. The molecular formula is C21H22N4O4S. The van der Waals surface area contributed by atoms with Crippen LogP contribution in [0.1, 0.15) is 46.8 Å². The highest BCUT2D eigenvalue weighted by molar-refractivity contribution is 7.12. The van der Waals surface area contributed by atoms with E-state index in [1.807, 2.05) is 19.2 Å². The number of hydrogen-bond acceptors (Lipinski definition) is 6. The van der Waals surface area contributed by atoms with E-state index in [0.29, 0.717) is 16.4 Å². The minimum Gasteiger partial charge on any atom is -0.449 e. The number of carbonyl (C=O) groups excluding carboxylic acids is 3. The Labute approximate surface area is 177 Å². The first-order valence-corrected chi connectivity index (χ1v) is 10.2. The molecule has 0 fully saturated rings. The van der Waals surface area contributed by atoms with Gasteiger partial charge in [0.2, 0.25) is 0 Å². The topological polar surface area (TPSA) is 102 Å². The highest BCUT2D eigenvalue weighted by atomic mass is 32.1. The molecule has 2 heterocycles. The van der Waals surface area contributed by atoms with E-state index >= 15 is 0 Å². The average molecular weight is 426 g/mol. The van der Waals surface area contributed by atoms with Gasteiger partial charge in [0.25, 0.3) is 11.8 Å². The van der Waals surface area contributed by atoms with Crippen LogP contribution in [0.3, 0.4) is 0 Å². The minimum atomic E-state index is -1.02. The Morgan fingerprint density at radius 2 is 1.87 bits per heavy atom. The number of nitrogens with one attached hydrogen (secondary N) is 2. The molecule has 0 aliphatic rings. The monoisotopic (exact) mass is 426 g/mol. The number of aromatic nitrogens is 2. The summed E-state index contributed by atoms with van der Waals surface area (Å²) in [5.41, 5.74) is 0.687. The Hall–Kier alpha value is -3.46. The number of anilines is 2. The number of nitrogens with zero attached hydrogens (tertiary/aromatic N) is 2. The van der Waals surface area contributed by atoms with E-state index in [-0.39, 0.29) is 17.5 Å². The molecule has 0 saturated carbocycles. The molecule has 156 valence electrons. The predicted octanol–water partition coefficient (Wildman–Crippen LogP) is 3.96. The van der Waals surface area contributed by atoms with Gasteiger partial charge in [-0.25, -0.2) is 9.48 Å².